The largest absolute Gasteiger partial charge is 0.496 e. The molecule has 0 aliphatic carbocycles. The predicted octanol–water partition coefficient (Wildman–Crippen LogP) is 1.22. The minimum atomic E-state index is -0.0280. The van der Waals surface area contributed by atoms with E-state index in [-0.39, 0.29) is 18.7 Å². The second kappa shape index (κ2) is 8.08. The highest BCUT2D eigenvalue weighted by Crippen LogP contribution is 2.18. The molecule has 0 saturated carbocycles. The van der Waals surface area contributed by atoms with Crippen LogP contribution in [0.1, 0.15) is 12.5 Å². The Morgan fingerprint density at radius 3 is 2.61 bits per heavy atom. The molecule has 0 amide bonds. The first kappa shape index (κ1) is 15.0. The zero-order chi connectivity index (χ0) is 13.4. The van der Waals surface area contributed by atoms with E-state index >= 15 is 0 Å². The average Bonchev–Trinajstić information content (AvgIpc) is 2.38. The molecule has 1 aromatic carbocycles. The van der Waals surface area contributed by atoms with E-state index in [4.69, 9.17) is 9.47 Å². The monoisotopic (exact) mass is 253 g/mol. The van der Waals surface area contributed by atoms with Crippen LogP contribution in [0.4, 0.5) is 0 Å². The zero-order valence-corrected chi connectivity index (χ0v) is 11.3. The van der Waals surface area contributed by atoms with Gasteiger partial charge in [-0.3, -0.25) is 0 Å². The van der Waals surface area contributed by atoms with Gasteiger partial charge in [-0.15, -0.1) is 0 Å². The number of hydrogen-bond acceptors (Lipinski definition) is 4. The van der Waals surface area contributed by atoms with Crippen LogP contribution in [0.15, 0.2) is 24.3 Å². The molecule has 0 heterocycles. The number of aliphatic hydroxyl groups excluding tert-OH is 1. The van der Waals surface area contributed by atoms with Gasteiger partial charge in [0.2, 0.25) is 0 Å². The molecule has 4 nitrogen and oxygen atoms in total. The van der Waals surface area contributed by atoms with Crippen LogP contribution in [0.25, 0.3) is 0 Å². The molecule has 4 heteroatoms. The number of rotatable bonds is 8. The van der Waals surface area contributed by atoms with Gasteiger partial charge in [-0.25, -0.2) is 0 Å². The molecule has 1 aromatic rings. The second-order valence-electron chi connectivity index (χ2n) is 4.42. The fourth-order valence-electron chi connectivity index (χ4n) is 2.02. The third kappa shape index (κ3) is 4.64. The molecule has 0 spiro atoms. The summed E-state index contributed by atoms with van der Waals surface area (Å²) in [6, 6.07) is 8.20. The molecule has 2 atom stereocenters. The Labute approximate surface area is 109 Å². The summed E-state index contributed by atoms with van der Waals surface area (Å²) in [5, 5.41) is 12.5. The Balaban J connectivity index is 2.55. The molecule has 18 heavy (non-hydrogen) atoms. The van der Waals surface area contributed by atoms with E-state index in [0.29, 0.717) is 6.61 Å². The predicted molar refractivity (Wildman–Crippen MR) is 72.0 cm³/mol. The molecular formula is C14H23NO3. The molecule has 2 N–H and O–H groups in total. The Bertz CT molecular complexity index is 344. The smallest absolute Gasteiger partial charge is 0.122 e. The molecule has 0 aliphatic heterocycles. The van der Waals surface area contributed by atoms with E-state index in [2.05, 4.69) is 18.3 Å². The van der Waals surface area contributed by atoms with Gasteiger partial charge in [0.1, 0.15) is 5.75 Å². The molecule has 0 fully saturated rings. The Morgan fingerprint density at radius 2 is 2.00 bits per heavy atom. The van der Waals surface area contributed by atoms with Crippen molar-refractivity contribution in [3.05, 3.63) is 29.8 Å². The van der Waals surface area contributed by atoms with E-state index in [0.717, 1.165) is 17.7 Å². The van der Waals surface area contributed by atoms with Gasteiger partial charge in [-0.05, 0) is 25.0 Å². The number of nitrogens with one attached hydrogen (secondary N) is 1. The van der Waals surface area contributed by atoms with Gasteiger partial charge in [0.15, 0.2) is 0 Å². The Kier molecular flexibility index (Phi) is 6.72. The number of benzene rings is 1. The molecule has 0 saturated heterocycles. The number of para-hydroxylation sites is 1. The maximum absolute atomic E-state index is 9.21. The minimum Gasteiger partial charge on any atom is -0.496 e. The zero-order valence-electron chi connectivity index (χ0n) is 11.3. The maximum atomic E-state index is 9.21. The van der Waals surface area contributed by atoms with Gasteiger partial charge in [-0.2, -0.15) is 0 Å². The lowest BCUT2D eigenvalue weighted by Gasteiger charge is -2.21. The number of aliphatic hydroxyl groups is 1. The lowest BCUT2D eigenvalue weighted by Crippen LogP contribution is -2.42. The summed E-state index contributed by atoms with van der Waals surface area (Å²) in [5.41, 5.74) is 1.16. The second-order valence-corrected chi connectivity index (χ2v) is 4.42. The van der Waals surface area contributed by atoms with Crippen LogP contribution in [-0.4, -0.2) is 44.6 Å². The summed E-state index contributed by atoms with van der Waals surface area (Å²) in [6.07, 6.45) is 0.851. The molecule has 0 aliphatic rings. The van der Waals surface area contributed by atoms with Crippen LogP contribution < -0.4 is 10.1 Å². The molecular weight excluding hydrogens is 230 g/mol. The third-order valence-electron chi connectivity index (χ3n) is 2.83. The number of methoxy groups -OCH3 is 2. The van der Waals surface area contributed by atoms with Gasteiger partial charge in [0.05, 0.1) is 26.4 Å². The van der Waals surface area contributed by atoms with Crippen molar-refractivity contribution in [2.45, 2.75) is 25.4 Å². The van der Waals surface area contributed by atoms with Crippen molar-refractivity contribution < 1.29 is 14.6 Å². The van der Waals surface area contributed by atoms with E-state index < -0.39 is 0 Å². The first-order chi connectivity index (χ1) is 8.71. The van der Waals surface area contributed by atoms with Crippen molar-refractivity contribution in [3.63, 3.8) is 0 Å². The lowest BCUT2D eigenvalue weighted by atomic mass is 10.1. The van der Waals surface area contributed by atoms with Gasteiger partial charge in [-0.1, -0.05) is 18.2 Å². The van der Waals surface area contributed by atoms with Crippen LogP contribution in [0.3, 0.4) is 0 Å². The molecule has 0 bridgehead atoms. The topological polar surface area (TPSA) is 50.7 Å². The fourth-order valence-corrected chi connectivity index (χ4v) is 2.02. The highest BCUT2D eigenvalue weighted by Gasteiger charge is 2.13. The SMILES string of the molecule is COCC(CO)NC(C)Cc1ccccc1OC. The van der Waals surface area contributed by atoms with Crippen molar-refractivity contribution in [1.29, 1.82) is 0 Å². The Morgan fingerprint density at radius 1 is 1.28 bits per heavy atom. The maximum Gasteiger partial charge on any atom is 0.122 e. The fraction of sp³-hybridized carbons (Fsp3) is 0.571. The van der Waals surface area contributed by atoms with E-state index in [1.807, 2.05) is 18.2 Å². The molecule has 0 aromatic heterocycles. The Hall–Kier alpha value is -1.10. The van der Waals surface area contributed by atoms with E-state index in [9.17, 15) is 5.11 Å². The van der Waals surface area contributed by atoms with Crippen molar-refractivity contribution in [2.24, 2.45) is 0 Å². The van der Waals surface area contributed by atoms with Crippen LogP contribution in [0, 0.1) is 0 Å². The standard InChI is InChI=1S/C14H23NO3/c1-11(15-13(9-16)10-17-2)8-12-6-4-5-7-14(12)18-3/h4-7,11,13,15-16H,8-10H2,1-3H3. The minimum absolute atomic E-state index is 0.0280. The van der Waals surface area contributed by atoms with E-state index in [1.54, 1.807) is 14.2 Å². The quantitative estimate of drug-likeness (QED) is 0.731. The van der Waals surface area contributed by atoms with Gasteiger partial charge in [0.25, 0.3) is 0 Å². The van der Waals surface area contributed by atoms with Crippen LogP contribution in [0.5, 0.6) is 5.75 Å². The number of hydrogen-bond donors (Lipinski definition) is 2. The van der Waals surface area contributed by atoms with E-state index in [1.165, 1.54) is 0 Å². The van der Waals surface area contributed by atoms with Crippen molar-refractivity contribution >= 4 is 0 Å². The summed E-state index contributed by atoms with van der Waals surface area (Å²) >= 11 is 0. The molecule has 1 rings (SSSR count). The molecule has 2 unspecified atom stereocenters. The van der Waals surface area contributed by atoms with Crippen molar-refractivity contribution in [3.8, 4) is 5.75 Å². The molecule has 0 radical (unpaired) electrons. The van der Waals surface area contributed by atoms with Gasteiger partial charge >= 0.3 is 0 Å². The van der Waals surface area contributed by atoms with Crippen molar-refractivity contribution in [1.82, 2.24) is 5.32 Å². The summed E-state index contributed by atoms with van der Waals surface area (Å²) in [5.74, 6) is 0.901. The third-order valence-corrected chi connectivity index (χ3v) is 2.83. The van der Waals surface area contributed by atoms with Gasteiger partial charge in [0, 0.05) is 13.2 Å². The average molecular weight is 253 g/mol. The summed E-state index contributed by atoms with van der Waals surface area (Å²) in [7, 11) is 3.31. The highest BCUT2D eigenvalue weighted by atomic mass is 16.5. The first-order valence-corrected chi connectivity index (χ1v) is 6.19. The lowest BCUT2D eigenvalue weighted by molar-refractivity contribution is 0.123. The number of ether oxygens (including phenoxy) is 2. The summed E-state index contributed by atoms with van der Waals surface area (Å²) in [6.45, 7) is 2.67. The van der Waals surface area contributed by atoms with Crippen LogP contribution in [-0.2, 0) is 11.2 Å². The van der Waals surface area contributed by atoms with Crippen LogP contribution >= 0.6 is 0 Å². The summed E-state index contributed by atoms with van der Waals surface area (Å²) in [4.78, 5) is 0. The van der Waals surface area contributed by atoms with Crippen molar-refractivity contribution in [2.75, 3.05) is 27.4 Å². The molecule has 102 valence electrons. The van der Waals surface area contributed by atoms with Gasteiger partial charge < -0.3 is 19.9 Å². The van der Waals surface area contributed by atoms with Crippen LogP contribution in [0.2, 0.25) is 0 Å². The first-order valence-electron chi connectivity index (χ1n) is 6.19. The highest BCUT2D eigenvalue weighted by molar-refractivity contribution is 5.33. The summed E-state index contributed by atoms with van der Waals surface area (Å²) < 4.78 is 10.4. The normalized spacial score (nSPS) is 14.2.